The number of hydrazone groups is 1. The Morgan fingerprint density at radius 3 is 2.43 bits per heavy atom. The number of hydrogen-bond acceptors (Lipinski definition) is 4. The van der Waals surface area contributed by atoms with Gasteiger partial charge in [-0.3, -0.25) is 5.01 Å². The number of nitriles is 1. The van der Waals surface area contributed by atoms with Crippen LogP contribution in [0.2, 0.25) is 0 Å². The zero-order valence-corrected chi connectivity index (χ0v) is 12.6. The maximum Gasteiger partial charge on any atom is 0.123 e. The summed E-state index contributed by atoms with van der Waals surface area (Å²) in [6.45, 7) is 2.02. The topological polar surface area (TPSA) is 59.6 Å². The molecule has 23 heavy (non-hydrogen) atoms. The molecular formula is C18H16FN3O. The molecule has 0 aliphatic carbocycles. The van der Waals surface area contributed by atoms with Gasteiger partial charge in [-0.25, -0.2) is 4.39 Å². The van der Waals surface area contributed by atoms with Gasteiger partial charge in [-0.1, -0.05) is 19.1 Å². The monoisotopic (exact) mass is 309 g/mol. The van der Waals surface area contributed by atoms with Gasteiger partial charge in [-0.05, 0) is 42.0 Å². The lowest BCUT2D eigenvalue weighted by Gasteiger charge is -2.24. The van der Waals surface area contributed by atoms with E-state index in [1.54, 1.807) is 36.4 Å². The summed E-state index contributed by atoms with van der Waals surface area (Å²) in [6, 6.07) is 15.1. The molecule has 1 aliphatic heterocycles. The fourth-order valence-electron chi connectivity index (χ4n) is 2.83. The van der Waals surface area contributed by atoms with Gasteiger partial charge in [-0.2, -0.15) is 10.4 Å². The fraction of sp³-hybridized carbons (Fsp3) is 0.222. The first kappa shape index (κ1) is 15.0. The van der Waals surface area contributed by atoms with E-state index in [4.69, 9.17) is 5.26 Å². The van der Waals surface area contributed by atoms with Gasteiger partial charge in [0.05, 0.1) is 29.9 Å². The molecule has 0 bridgehead atoms. The minimum absolute atomic E-state index is 0.0360. The predicted octanol–water partition coefficient (Wildman–Crippen LogP) is 3.67. The highest BCUT2D eigenvalue weighted by molar-refractivity contribution is 6.04. The predicted molar refractivity (Wildman–Crippen MR) is 86.7 cm³/mol. The van der Waals surface area contributed by atoms with Gasteiger partial charge in [0.2, 0.25) is 0 Å². The van der Waals surface area contributed by atoms with E-state index in [9.17, 15) is 9.50 Å². The van der Waals surface area contributed by atoms with Crippen LogP contribution >= 0.6 is 0 Å². The minimum atomic E-state index is -0.288. The number of benzene rings is 2. The van der Waals surface area contributed by atoms with E-state index in [2.05, 4.69) is 11.2 Å². The summed E-state index contributed by atoms with van der Waals surface area (Å²) in [6.07, 6.45) is 0.330. The molecule has 2 aromatic carbocycles. The summed E-state index contributed by atoms with van der Waals surface area (Å²) in [7, 11) is 0. The number of halogens is 1. The summed E-state index contributed by atoms with van der Waals surface area (Å²) >= 11 is 0. The van der Waals surface area contributed by atoms with Crippen LogP contribution in [-0.2, 0) is 0 Å². The van der Waals surface area contributed by atoms with Gasteiger partial charge in [0.15, 0.2) is 0 Å². The Bertz CT molecular complexity index is 762. The van der Waals surface area contributed by atoms with Crippen molar-refractivity contribution in [3.05, 3.63) is 59.9 Å². The van der Waals surface area contributed by atoms with Crippen LogP contribution in [-0.4, -0.2) is 16.9 Å². The molecule has 0 aromatic heterocycles. The van der Waals surface area contributed by atoms with Crippen molar-refractivity contribution >= 4 is 11.4 Å². The highest BCUT2D eigenvalue weighted by Crippen LogP contribution is 2.33. The van der Waals surface area contributed by atoms with Gasteiger partial charge in [0.25, 0.3) is 0 Å². The molecule has 3 rings (SSSR count). The molecule has 4 nitrogen and oxygen atoms in total. The normalized spacial score (nSPS) is 20.2. The van der Waals surface area contributed by atoms with Crippen LogP contribution < -0.4 is 5.01 Å². The van der Waals surface area contributed by atoms with E-state index >= 15 is 0 Å². The number of rotatable bonds is 3. The Hall–Kier alpha value is -2.87. The molecule has 0 amide bonds. The Balaban J connectivity index is 2.00. The first-order chi connectivity index (χ1) is 11.1. The zero-order valence-electron chi connectivity index (χ0n) is 12.6. The summed E-state index contributed by atoms with van der Waals surface area (Å²) in [5.74, 6) is -0.0709. The molecular weight excluding hydrogens is 293 g/mol. The molecule has 5 heteroatoms. The first-order valence-corrected chi connectivity index (χ1v) is 7.40. The maximum atomic E-state index is 13.1. The van der Waals surface area contributed by atoms with Crippen molar-refractivity contribution in [2.45, 2.75) is 19.4 Å². The van der Waals surface area contributed by atoms with E-state index < -0.39 is 0 Å². The highest BCUT2D eigenvalue weighted by Gasteiger charge is 2.35. The van der Waals surface area contributed by atoms with E-state index in [0.717, 1.165) is 17.0 Å². The Labute approximate surface area is 134 Å². The van der Waals surface area contributed by atoms with Crippen molar-refractivity contribution < 1.29 is 9.50 Å². The van der Waals surface area contributed by atoms with Crippen LogP contribution in [0.1, 0.15) is 18.9 Å². The van der Waals surface area contributed by atoms with Crippen LogP contribution in [0.3, 0.4) is 0 Å². The average molecular weight is 309 g/mol. The van der Waals surface area contributed by atoms with E-state index in [0.29, 0.717) is 6.42 Å². The Morgan fingerprint density at radius 1 is 1.17 bits per heavy atom. The summed E-state index contributed by atoms with van der Waals surface area (Å²) in [4.78, 5) is 0. The number of phenolic OH excluding ortho intramolecular Hbond substituents is 1. The second kappa shape index (κ2) is 6.09. The standard InChI is InChI=1S/C18H16FN3O/c1-12-17(10-11-20)22(15-6-8-16(23)9-7-15)21-18(12)13-2-4-14(19)5-3-13/h2-9,12,17,23H,10H2,1H3/t12-,17-/m0/s1. The largest absolute Gasteiger partial charge is 0.508 e. The SMILES string of the molecule is C[C@@H]1C(c2ccc(F)cc2)=NN(c2ccc(O)cc2)[C@H]1CC#N. The molecule has 0 spiro atoms. The molecule has 1 N–H and O–H groups in total. The quantitative estimate of drug-likeness (QED) is 0.941. The fourth-order valence-corrected chi connectivity index (χ4v) is 2.83. The minimum Gasteiger partial charge on any atom is -0.508 e. The van der Waals surface area contributed by atoms with Gasteiger partial charge in [0, 0.05) is 5.92 Å². The lowest BCUT2D eigenvalue weighted by Crippen LogP contribution is -2.31. The molecule has 0 saturated carbocycles. The van der Waals surface area contributed by atoms with Crippen LogP contribution in [0.25, 0.3) is 0 Å². The molecule has 0 radical (unpaired) electrons. The van der Waals surface area contributed by atoms with Crippen molar-refractivity contribution in [1.82, 2.24) is 0 Å². The molecule has 0 saturated heterocycles. The van der Waals surface area contributed by atoms with E-state index in [1.807, 2.05) is 11.9 Å². The number of phenols is 1. The number of anilines is 1. The van der Waals surface area contributed by atoms with E-state index in [1.165, 1.54) is 12.1 Å². The van der Waals surface area contributed by atoms with Crippen LogP contribution in [0, 0.1) is 23.1 Å². The smallest absolute Gasteiger partial charge is 0.123 e. The molecule has 2 atom stereocenters. The van der Waals surface area contributed by atoms with Crippen molar-refractivity contribution in [1.29, 1.82) is 5.26 Å². The third-order valence-electron chi connectivity index (χ3n) is 4.09. The van der Waals surface area contributed by atoms with Gasteiger partial charge >= 0.3 is 0 Å². The third-order valence-corrected chi connectivity index (χ3v) is 4.09. The van der Waals surface area contributed by atoms with Crippen molar-refractivity contribution in [3.8, 4) is 11.8 Å². The lowest BCUT2D eigenvalue weighted by atomic mass is 9.91. The second-order valence-corrected chi connectivity index (χ2v) is 5.57. The molecule has 0 fully saturated rings. The molecule has 0 unspecified atom stereocenters. The van der Waals surface area contributed by atoms with Gasteiger partial charge in [-0.15, -0.1) is 0 Å². The zero-order chi connectivity index (χ0) is 16.4. The molecule has 1 heterocycles. The number of nitrogens with zero attached hydrogens (tertiary/aromatic N) is 3. The van der Waals surface area contributed by atoms with Crippen LogP contribution in [0.5, 0.6) is 5.75 Å². The highest BCUT2D eigenvalue weighted by atomic mass is 19.1. The first-order valence-electron chi connectivity index (χ1n) is 7.40. The Morgan fingerprint density at radius 2 is 1.83 bits per heavy atom. The van der Waals surface area contributed by atoms with Gasteiger partial charge < -0.3 is 5.11 Å². The van der Waals surface area contributed by atoms with Gasteiger partial charge in [0.1, 0.15) is 11.6 Å². The van der Waals surface area contributed by atoms with E-state index in [-0.39, 0.29) is 23.5 Å². The molecule has 116 valence electrons. The summed E-state index contributed by atoms with van der Waals surface area (Å²) in [5, 5.41) is 25.0. The average Bonchev–Trinajstić information content (AvgIpc) is 2.87. The molecule has 2 aromatic rings. The van der Waals surface area contributed by atoms with Crippen LogP contribution in [0.15, 0.2) is 53.6 Å². The van der Waals surface area contributed by atoms with Crippen molar-refractivity contribution in [3.63, 3.8) is 0 Å². The third kappa shape index (κ3) is 2.88. The van der Waals surface area contributed by atoms with Crippen molar-refractivity contribution in [2.24, 2.45) is 11.0 Å². The summed E-state index contributed by atoms with van der Waals surface area (Å²) in [5.41, 5.74) is 2.49. The molecule has 1 aliphatic rings. The number of hydrogen-bond donors (Lipinski definition) is 1. The second-order valence-electron chi connectivity index (χ2n) is 5.57. The maximum absolute atomic E-state index is 13.1. The Kier molecular flexibility index (Phi) is 3.98. The summed E-state index contributed by atoms with van der Waals surface area (Å²) < 4.78 is 13.1. The lowest BCUT2D eigenvalue weighted by molar-refractivity contribution is 0.475. The van der Waals surface area contributed by atoms with Crippen LogP contribution in [0.4, 0.5) is 10.1 Å². The number of aromatic hydroxyl groups is 1. The van der Waals surface area contributed by atoms with Crippen molar-refractivity contribution in [2.75, 3.05) is 5.01 Å².